The Morgan fingerprint density at radius 1 is 1.16 bits per heavy atom. The zero-order valence-electron chi connectivity index (χ0n) is 10.1. The minimum absolute atomic E-state index is 0.0400. The zero-order valence-corrected chi connectivity index (χ0v) is 12.2. The molecule has 98 valence electrons. The van der Waals surface area contributed by atoms with Crippen molar-refractivity contribution in [1.29, 1.82) is 0 Å². The summed E-state index contributed by atoms with van der Waals surface area (Å²) < 4.78 is 6.89. The smallest absolute Gasteiger partial charge is 0.173 e. The number of oxime groups is 1. The number of benzene rings is 2. The van der Waals surface area contributed by atoms with E-state index in [1.165, 1.54) is 3.57 Å². The lowest BCUT2D eigenvalue weighted by molar-refractivity contribution is 0.303. The van der Waals surface area contributed by atoms with E-state index in [9.17, 15) is 0 Å². The van der Waals surface area contributed by atoms with E-state index in [1.807, 2.05) is 36.4 Å². The molecule has 4 nitrogen and oxygen atoms in total. The van der Waals surface area contributed by atoms with Crippen LogP contribution in [0.4, 0.5) is 0 Å². The summed E-state index contributed by atoms with van der Waals surface area (Å²) in [7, 11) is 0. The Labute approximate surface area is 125 Å². The second-order valence-electron chi connectivity index (χ2n) is 3.90. The number of para-hydroxylation sites is 1. The number of rotatable bonds is 4. The van der Waals surface area contributed by atoms with Crippen LogP contribution < -0.4 is 10.5 Å². The second kappa shape index (κ2) is 6.42. The summed E-state index contributed by atoms with van der Waals surface area (Å²) in [6.45, 7) is 0.437. The Balaban J connectivity index is 2.13. The topological polar surface area (TPSA) is 67.8 Å². The van der Waals surface area contributed by atoms with Gasteiger partial charge in [0.1, 0.15) is 12.4 Å². The molecule has 0 aliphatic carbocycles. The minimum Gasteiger partial charge on any atom is -0.488 e. The Morgan fingerprint density at radius 3 is 2.53 bits per heavy atom. The van der Waals surface area contributed by atoms with Gasteiger partial charge in [0, 0.05) is 3.57 Å². The normalized spacial score (nSPS) is 11.3. The quantitative estimate of drug-likeness (QED) is 0.287. The molecule has 0 saturated carbocycles. The third-order valence-electron chi connectivity index (χ3n) is 2.58. The molecule has 0 fully saturated rings. The van der Waals surface area contributed by atoms with Crippen molar-refractivity contribution in [2.24, 2.45) is 10.9 Å². The van der Waals surface area contributed by atoms with E-state index in [2.05, 4.69) is 27.7 Å². The van der Waals surface area contributed by atoms with Crippen LogP contribution in [0.5, 0.6) is 5.75 Å². The summed E-state index contributed by atoms with van der Waals surface area (Å²) in [5.74, 6) is 0.634. The van der Waals surface area contributed by atoms with Gasteiger partial charge in [-0.3, -0.25) is 0 Å². The minimum atomic E-state index is 0.0400. The highest BCUT2D eigenvalue weighted by Crippen LogP contribution is 2.19. The molecule has 0 aliphatic rings. The lowest BCUT2D eigenvalue weighted by Gasteiger charge is -2.10. The first-order valence-corrected chi connectivity index (χ1v) is 6.73. The number of halogens is 1. The summed E-state index contributed by atoms with van der Waals surface area (Å²) in [6, 6.07) is 15.3. The fourth-order valence-electron chi connectivity index (χ4n) is 1.60. The molecule has 0 heterocycles. The summed E-state index contributed by atoms with van der Waals surface area (Å²) in [4.78, 5) is 0. The van der Waals surface area contributed by atoms with Crippen LogP contribution in [0.1, 0.15) is 11.1 Å². The summed E-state index contributed by atoms with van der Waals surface area (Å²) >= 11 is 2.25. The maximum atomic E-state index is 8.74. The van der Waals surface area contributed by atoms with Crippen molar-refractivity contribution in [1.82, 2.24) is 0 Å². The molecule has 5 heteroatoms. The molecule has 0 aliphatic heterocycles. The number of amidine groups is 1. The van der Waals surface area contributed by atoms with E-state index >= 15 is 0 Å². The van der Waals surface area contributed by atoms with Gasteiger partial charge in [-0.2, -0.15) is 0 Å². The van der Waals surface area contributed by atoms with Gasteiger partial charge in [-0.1, -0.05) is 29.4 Å². The first-order chi connectivity index (χ1) is 9.20. The lowest BCUT2D eigenvalue weighted by Crippen LogP contribution is -2.14. The largest absolute Gasteiger partial charge is 0.488 e. The van der Waals surface area contributed by atoms with E-state index in [-0.39, 0.29) is 5.84 Å². The standard InChI is InChI=1S/C14H13IN2O2/c15-11-7-5-10(6-8-11)9-19-13-4-2-1-3-12(13)14(16)17-18/h1-8,18H,9H2,(H2,16,17). The molecule has 2 aromatic rings. The van der Waals surface area contributed by atoms with Gasteiger partial charge in [-0.15, -0.1) is 0 Å². The molecule has 2 aromatic carbocycles. The fourth-order valence-corrected chi connectivity index (χ4v) is 1.96. The van der Waals surface area contributed by atoms with Crippen LogP contribution in [0.15, 0.2) is 53.7 Å². The van der Waals surface area contributed by atoms with Crippen molar-refractivity contribution in [2.45, 2.75) is 6.61 Å². The highest BCUT2D eigenvalue weighted by molar-refractivity contribution is 14.1. The van der Waals surface area contributed by atoms with Crippen LogP contribution in [0.25, 0.3) is 0 Å². The van der Waals surface area contributed by atoms with Gasteiger partial charge in [-0.05, 0) is 52.4 Å². The average Bonchev–Trinajstić information content (AvgIpc) is 2.46. The lowest BCUT2D eigenvalue weighted by atomic mass is 10.2. The van der Waals surface area contributed by atoms with Crippen LogP contribution >= 0.6 is 22.6 Å². The SMILES string of the molecule is NC(=NO)c1ccccc1OCc1ccc(I)cc1. The molecule has 2 rings (SSSR count). The third-order valence-corrected chi connectivity index (χ3v) is 3.30. The average molecular weight is 368 g/mol. The highest BCUT2D eigenvalue weighted by atomic mass is 127. The predicted molar refractivity (Wildman–Crippen MR) is 82.4 cm³/mol. The molecular formula is C14H13IN2O2. The molecule has 0 radical (unpaired) electrons. The first kappa shape index (κ1) is 13.7. The van der Waals surface area contributed by atoms with Crippen LogP contribution in [-0.4, -0.2) is 11.0 Å². The fraction of sp³-hybridized carbons (Fsp3) is 0.0714. The van der Waals surface area contributed by atoms with E-state index in [4.69, 9.17) is 15.7 Å². The van der Waals surface area contributed by atoms with Crippen LogP contribution in [0.3, 0.4) is 0 Å². The molecule has 0 spiro atoms. The predicted octanol–water partition coefficient (Wildman–Crippen LogP) is 2.96. The van der Waals surface area contributed by atoms with Crippen molar-refractivity contribution in [3.05, 3.63) is 63.2 Å². The van der Waals surface area contributed by atoms with Crippen LogP contribution in [0.2, 0.25) is 0 Å². The van der Waals surface area contributed by atoms with E-state index in [0.717, 1.165) is 5.56 Å². The van der Waals surface area contributed by atoms with Gasteiger partial charge in [0.05, 0.1) is 5.56 Å². The molecule has 19 heavy (non-hydrogen) atoms. The molecule has 0 atom stereocenters. The number of hydrogen-bond donors (Lipinski definition) is 2. The summed E-state index contributed by atoms with van der Waals surface area (Å²) in [6.07, 6.45) is 0. The van der Waals surface area contributed by atoms with Gasteiger partial charge in [-0.25, -0.2) is 0 Å². The first-order valence-electron chi connectivity index (χ1n) is 5.65. The molecule has 0 bridgehead atoms. The van der Waals surface area contributed by atoms with Crippen LogP contribution in [0, 0.1) is 3.57 Å². The summed E-state index contributed by atoms with van der Waals surface area (Å²) in [5, 5.41) is 11.7. The molecule has 0 saturated heterocycles. The van der Waals surface area contributed by atoms with Gasteiger partial charge in [0.25, 0.3) is 0 Å². The zero-order chi connectivity index (χ0) is 13.7. The number of hydrogen-bond acceptors (Lipinski definition) is 3. The van der Waals surface area contributed by atoms with Gasteiger partial charge in [0.15, 0.2) is 5.84 Å². The van der Waals surface area contributed by atoms with Crippen LogP contribution in [-0.2, 0) is 6.61 Å². The summed E-state index contributed by atoms with van der Waals surface area (Å²) in [5.41, 5.74) is 7.25. The van der Waals surface area contributed by atoms with Crippen molar-refractivity contribution >= 4 is 28.4 Å². The molecule has 0 amide bonds. The van der Waals surface area contributed by atoms with Crippen molar-refractivity contribution in [3.63, 3.8) is 0 Å². The second-order valence-corrected chi connectivity index (χ2v) is 5.14. The number of ether oxygens (including phenoxy) is 1. The van der Waals surface area contributed by atoms with Crippen molar-refractivity contribution < 1.29 is 9.94 Å². The molecule has 0 aromatic heterocycles. The molecule has 3 N–H and O–H groups in total. The van der Waals surface area contributed by atoms with Gasteiger partial charge < -0.3 is 15.7 Å². The third kappa shape index (κ3) is 3.60. The monoisotopic (exact) mass is 368 g/mol. The van der Waals surface area contributed by atoms with Gasteiger partial charge >= 0.3 is 0 Å². The van der Waals surface area contributed by atoms with E-state index in [1.54, 1.807) is 12.1 Å². The maximum Gasteiger partial charge on any atom is 0.173 e. The molecule has 0 unspecified atom stereocenters. The Hall–Kier alpha value is -1.76. The molecular weight excluding hydrogens is 355 g/mol. The van der Waals surface area contributed by atoms with Crippen molar-refractivity contribution in [2.75, 3.05) is 0 Å². The van der Waals surface area contributed by atoms with Crippen molar-refractivity contribution in [3.8, 4) is 5.75 Å². The van der Waals surface area contributed by atoms with E-state index < -0.39 is 0 Å². The number of nitrogens with two attached hydrogens (primary N) is 1. The number of nitrogens with zero attached hydrogens (tertiary/aromatic N) is 1. The van der Waals surface area contributed by atoms with E-state index in [0.29, 0.717) is 17.9 Å². The Kier molecular flexibility index (Phi) is 4.62. The van der Waals surface area contributed by atoms with Gasteiger partial charge in [0.2, 0.25) is 0 Å². The highest BCUT2D eigenvalue weighted by Gasteiger charge is 2.07. The Bertz CT molecular complexity index is 582. The Morgan fingerprint density at radius 2 is 1.84 bits per heavy atom. The maximum absolute atomic E-state index is 8.74.